The number of rotatable bonds is 8. The second kappa shape index (κ2) is 10.4. The molecule has 0 aromatic rings. The summed E-state index contributed by atoms with van der Waals surface area (Å²) in [5, 5.41) is 6.73. The van der Waals surface area contributed by atoms with Crippen molar-refractivity contribution in [2.75, 3.05) is 40.8 Å². The molecule has 0 aliphatic heterocycles. The van der Waals surface area contributed by atoms with E-state index < -0.39 is 0 Å². The zero-order valence-electron chi connectivity index (χ0n) is 12.2. The van der Waals surface area contributed by atoms with E-state index in [1.54, 1.807) is 0 Å². The highest BCUT2D eigenvalue weighted by molar-refractivity contribution is 5.79. The highest BCUT2D eigenvalue weighted by Crippen LogP contribution is 2.04. The van der Waals surface area contributed by atoms with Crippen LogP contribution in [-0.2, 0) is 0 Å². The van der Waals surface area contributed by atoms with Crippen LogP contribution in [0.15, 0.2) is 4.99 Å². The minimum atomic E-state index is 0.746. The van der Waals surface area contributed by atoms with Crippen molar-refractivity contribution in [3.05, 3.63) is 0 Å². The molecule has 2 N–H and O–H groups in total. The zero-order valence-corrected chi connectivity index (χ0v) is 12.2. The van der Waals surface area contributed by atoms with Gasteiger partial charge in [-0.05, 0) is 33.0 Å². The predicted octanol–water partition coefficient (Wildman–Crippen LogP) is 1.54. The highest BCUT2D eigenvalue weighted by Gasteiger charge is 2.04. The third kappa shape index (κ3) is 8.98. The smallest absolute Gasteiger partial charge is 0.190 e. The minimum absolute atomic E-state index is 0.746. The first-order valence-electron chi connectivity index (χ1n) is 6.73. The fraction of sp³-hybridized carbons (Fsp3) is 0.923. The van der Waals surface area contributed by atoms with Crippen molar-refractivity contribution in [2.45, 2.75) is 33.1 Å². The van der Waals surface area contributed by atoms with Crippen LogP contribution in [0.3, 0.4) is 0 Å². The van der Waals surface area contributed by atoms with Crippen molar-refractivity contribution in [1.29, 1.82) is 0 Å². The Morgan fingerprint density at radius 3 is 2.29 bits per heavy atom. The van der Waals surface area contributed by atoms with Gasteiger partial charge in [-0.1, -0.05) is 26.7 Å². The summed E-state index contributed by atoms with van der Waals surface area (Å²) in [5.74, 6) is 1.67. The van der Waals surface area contributed by atoms with Crippen molar-refractivity contribution in [1.82, 2.24) is 15.5 Å². The maximum absolute atomic E-state index is 4.23. The van der Waals surface area contributed by atoms with Gasteiger partial charge in [0.2, 0.25) is 0 Å². The molecule has 4 nitrogen and oxygen atoms in total. The van der Waals surface area contributed by atoms with Crippen molar-refractivity contribution in [3.63, 3.8) is 0 Å². The van der Waals surface area contributed by atoms with Crippen LogP contribution in [0.2, 0.25) is 0 Å². The Balaban J connectivity index is 3.70. The molecule has 0 heterocycles. The van der Waals surface area contributed by atoms with Gasteiger partial charge in [-0.15, -0.1) is 0 Å². The van der Waals surface area contributed by atoms with E-state index >= 15 is 0 Å². The Morgan fingerprint density at radius 1 is 1.18 bits per heavy atom. The van der Waals surface area contributed by atoms with Crippen molar-refractivity contribution in [2.24, 2.45) is 10.9 Å². The Kier molecular flexibility index (Phi) is 9.92. The molecule has 0 spiro atoms. The van der Waals surface area contributed by atoms with Gasteiger partial charge in [-0.25, -0.2) is 0 Å². The van der Waals surface area contributed by atoms with Crippen LogP contribution < -0.4 is 10.6 Å². The molecule has 0 atom stereocenters. The number of hydrogen-bond acceptors (Lipinski definition) is 2. The summed E-state index contributed by atoms with van der Waals surface area (Å²) in [7, 11) is 6.02. The summed E-state index contributed by atoms with van der Waals surface area (Å²) in [6.45, 7) is 7.57. The predicted molar refractivity (Wildman–Crippen MR) is 76.6 cm³/mol. The molecule has 0 rings (SSSR count). The van der Waals surface area contributed by atoms with Crippen LogP contribution in [0.5, 0.6) is 0 Å². The van der Waals surface area contributed by atoms with Gasteiger partial charge in [-0.3, -0.25) is 4.99 Å². The number of guanidine groups is 1. The fourth-order valence-corrected chi connectivity index (χ4v) is 1.64. The topological polar surface area (TPSA) is 39.7 Å². The fourth-order valence-electron chi connectivity index (χ4n) is 1.64. The molecule has 102 valence electrons. The van der Waals surface area contributed by atoms with Crippen molar-refractivity contribution in [3.8, 4) is 0 Å². The molecule has 17 heavy (non-hydrogen) atoms. The van der Waals surface area contributed by atoms with Gasteiger partial charge in [0.05, 0.1) is 0 Å². The largest absolute Gasteiger partial charge is 0.356 e. The number of hydrogen-bond donors (Lipinski definition) is 2. The van der Waals surface area contributed by atoms with Crippen LogP contribution in [-0.4, -0.2) is 51.6 Å². The summed E-state index contributed by atoms with van der Waals surface area (Å²) in [6.07, 6.45) is 3.58. The molecule has 0 amide bonds. The van der Waals surface area contributed by atoms with E-state index in [-0.39, 0.29) is 0 Å². The lowest BCUT2D eigenvalue weighted by Crippen LogP contribution is -2.40. The summed E-state index contributed by atoms with van der Waals surface area (Å²) >= 11 is 0. The summed E-state index contributed by atoms with van der Waals surface area (Å²) < 4.78 is 0. The van der Waals surface area contributed by atoms with Gasteiger partial charge >= 0.3 is 0 Å². The van der Waals surface area contributed by atoms with E-state index in [9.17, 15) is 0 Å². The van der Waals surface area contributed by atoms with E-state index in [0.717, 1.165) is 37.9 Å². The molecule has 0 fully saturated rings. The van der Waals surface area contributed by atoms with Crippen molar-refractivity contribution < 1.29 is 0 Å². The second-order valence-corrected chi connectivity index (χ2v) is 4.72. The third-order valence-corrected chi connectivity index (χ3v) is 3.01. The van der Waals surface area contributed by atoms with Crippen molar-refractivity contribution >= 4 is 5.96 Å². The van der Waals surface area contributed by atoms with E-state index in [0.29, 0.717) is 0 Å². The lowest BCUT2D eigenvalue weighted by molar-refractivity contribution is 0.399. The molecule has 0 aliphatic rings. The van der Waals surface area contributed by atoms with E-state index in [1.807, 2.05) is 7.05 Å². The highest BCUT2D eigenvalue weighted by atomic mass is 15.2. The van der Waals surface area contributed by atoms with Gasteiger partial charge in [0, 0.05) is 20.1 Å². The molecule has 0 bridgehead atoms. The van der Waals surface area contributed by atoms with E-state index in [4.69, 9.17) is 0 Å². The molecular weight excluding hydrogens is 212 g/mol. The Labute approximate surface area is 107 Å². The summed E-state index contributed by atoms with van der Waals surface area (Å²) in [6, 6.07) is 0. The molecule has 0 aromatic carbocycles. The molecule has 0 saturated heterocycles. The average molecular weight is 242 g/mol. The Hall–Kier alpha value is -0.770. The number of nitrogens with zero attached hydrogens (tertiary/aromatic N) is 2. The van der Waals surface area contributed by atoms with Gasteiger partial charge < -0.3 is 15.5 Å². The van der Waals surface area contributed by atoms with Gasteiger partial charge in [0.1, 0.15) is 0 Å². The molecule has 0 radical (unpaired) electrons. The molecular formula is C13H30N4. The normalized spacial score (nSPS) is 12.3. The summed E-state index contributed by atoms with van der Waals surface area (Å²) in [4.78, 5) is 6.42. The van der Waals surface area contributed by atoms with Gasteiger partial charge in [0.15, 0.2) is 5.96 Å². The molecule has 0 aromatic heterocycles. The molecule has 0 unspecified atom stereocenters. The number of nitrogens with one attached hydrogen (secondary N) is 2. The average Bonchev–Trinajstić information content (AvgIpc) is 2.32. The van der Waals surface area contributed by atoms with Crippen LogP contribution in [0.25, 0.3) is 0 Å². The molecule has 0 saturated carbocycles. The first-order valence-corrected chi connectivity index (χ1v) is 6.73. The van der Waals surface area contributed by atoms with E-state index in [2.05, 4.69) is 48.5 Å². The first kappa shape index (κ1) is 16.2. The van der Waals surface area contributed by atoms with Gasteiger partial charge in [-0.2, -0.15) is 0 Å². The SMILES string of the molecule is CCC(CC)CNC(=NC)NCCCN(C)C. The van der Waals surface area contributed by atoms with Gasteiger partial charge in [0.25, 0.3) is 0 Å². The number of aliphatic imine (C=N–C) groups is 1. The summed E-state index contributed by atoms with van der Waals surface area (Å²) in [5.41, 5.74) is 0. The molecule has 4 heteroatoms. The maximum atomic E-state index is 4.23. The first-order chi connectivity index (χ1) is 8.13. The Bertz CT molecular complexity index is 198. The Morgan fingerprint density at radius 2 is 1.82 bits per heavy atom. The van der Waals surface area contributed by atoms with Crippen LogP contribution in [0, 0.1) is 5.92 Å². The zero-order chi connectivity index (χ0) is 13.1. The lowest BCUT2D eigenvalue weighted by Gasteiger charge is -2.17. The standard InChI is InChI=1S/C13H30N4/c1-6-12(7-2)11-16-13(14-3)15-9-8-10-17(4)5/h12H,6-11H2,1-5H3,(H2,14,15,16). The van der Waals surface area contributed by atoms with E-state index in [1.165, 1.54) is 12.8 Å². The molecule has 0 aliphatic carbocycles. The van der Waals surface area contributed by atoms with Crippen LogP contribution >= 0.6 is 0 Å². The lowest BCUT2D eigenvalue weighted by atomic mass is 10.0. The third-order valence-electron chi connectivity index (χ3n) is 3.01. The minimum Gasteiger partial charge on any atom is -0.356 e. The maximum Gasteiger partial charge on any atom is 0.190 e. The second-order valence-electron chi connectivity index (χ2n) is 4.72. The van der Waals surface area contributed by atoms with Crippen LogP contribution in [0.4, 0.5) is 0 Å². The quantitative estimate of drug-likeness (QED) is 0.385. The monoisotopic (exact) mass is 242 g/mol. The van der Waals surface area contributed by atoms with Crippen LogP contribution in [0.1, 0.15) is 33.1 Å².